The Kier molecular flexibility index (Phi) is 6.54. The fourth-order valence-electron chi connectivity index (χ4n) is 1.13. The Balaban J connectivity index is 2.37. The molecule has 1 rings (SSSR count). The Morgan fingerprint density at radius 3 is 2.50 bits per heavy atom. The van der Waals surface area contributed by atoms with Crippen molar-refractivity contribution in [2.24, 2.45) is 5.92 Å². The summed E-state index contributed by atoms with van der Waals surface area (Å²) in [6.07, 6.45) is 0. The van der Waals surface area contributed by atoms with Crippen LogP contribution >= 0.6 is 23.4 Å². The van der Waals surface area contributed by atoms with Crippen LogP contribution in [0, 0.1) is 5.92 Å². The Labute approximate surface area is 117 Å². The van der Waals surface area contributed by atoms with E-state index in [0.29, 0.717) is 17.5 Å². The lowest BCUT2D eigenvalue weighted by Crippen LogP contribution is -2.32. The number of carbonyl (C=O) groups is 1. The molecule has 0 aromatic heterocycles. The number of nitrogens with one attached hydrogen (secondary N) is 1. The molecule has 0 heterocycles. The van der Waals surface area contributed by atoms with Crippen LogP contribution in [0.5, 0.6) is 0 Å². The summed E-state index contributed by atoms with van der Waals surface area (Å²) in [4.78, 5) is 17.8. The molecule has 0 saturated heterocycles. The van der Waals surface area contributed by atoms with Crippen LogP contribution in [0.2, 0.25) is 5.02 Å². The Morgan fingerprint density at radius 2 is 1.94 bits per heavy atom. The molecule has 0 aliphatic heterocycles. The van der Waals surface area contributed by atoms with Gasteiger partial charge in [-0.25, -0.2) is 5.48 Å². The van der Waals surface area contributed by atoms with Gasteiger partial charge in [-0.2, -0.15) is 0 Å². The lowest BCUT2D eigenvalue weighted by atomic mass is 10.2. The molecule has 0 aliphatic carbocycles. The molecule has 0 aliphatic rings. The molecule has 1 N–H and O–H groups in total. The zero-order valence-corrected chi connectivity index (χ0v) is 12.3. The van der Waals surface area contributed by atoms with Crippen LogP contribution in [0.1, 0.15) is 20.8 Å². The van der Waals surface area contributed by atoms with Crippen LogP contribution in [0.3, 0.4) is 0 Å². The zero-order chi connectivity index (χ0) is 13.5. The van der Waals surface area contributed by atoms with E-state index in [1.165, 1.54) is 11.8 Å². The summed E-state index contributed by atoms with van der Waals surface area (Å²) in [5.41, 5.74) is 2.46. The van der Waals surface area contributed by atoms with Crippen molar-refractivity contribution < 1.29 is 9.63 Å². The lowest BCUT2D eigenvalue weighted by molar-refractivity contribution is -0.133. The summed E-state index contributed by atoms with van der Waals surface area (Å²) in [5.74, 6) is 0.264. The topological polar surface area (TPSA) is 38.3 Å². The maximum Gasteiger partial charge on any atom is 0.256 e. The number of hydroxylamine groups is 1. The number of carbonyl (C=O) groups excluding carboxylic acids is 1. The molecule has 0 saturated carbocycles. The van der Waals surface area contributed by atoms with Gasteiger partial charge in [0.15, 0.2) is 0 Å². The van der Waals surface area contributed by atoms with Crippen molar-refractivity contribution in [3.05, 3.63) is 29.3 Å². The number of rotatable bonds is 6. The molecule has 3 nitrogen and oxygen atoms in total. The molecule has 5 heteroatoms. The molecular formula is C13H18ClNO2S. The standard InChI is InChI=1S/C13H18ClNO2S/c1-9(2)8-17-15-13(16)10(3)18-12-6-4-11(14)5-7-12/h4-7,9-10H,8H2,1-3H3,(H,15,16). The van der Waals surface area contributed by atoms with Gasteiger partial charge in [0.1, 0.15) is 0 Å². The fourth-order valence-corrected chi connectivity index (χ4v) is 2.12. The van der Waals surface area contributed by atoms with Gasteiger partial charge in [0, 0.05) is 9.92 Å². The van der Waals surface area contributed by atoms with E-state index >= 15 is 0 Å². The van der Waals surface area contributed by atoms with Crippen molar-refractivity contribution in [1.29, 1.82) is 0 Å². The van der Waals surface area contributed by atoms with E-state index in [9.17, 15) is 4.79 Å². The van der Waals surface area contributed by atoms with Gasteiger partial charge in [0.05, 0.1) is 11.9 Å². The Morgan fingerprint density at radius 1 is 1.33 bits per heavy atom. The summed E-state index contributed by atoms with van der Waals surface area (Å²) in [6, 6.07) is 7.41. The highest BCUT2D eigenvalue weighted by molar-refractivity contribution is 8.00. The van der Waals surface area contributed by atoms with Gasteiger partial charge < -0.3 is 0 Å². The van der Waals surface area contributed by atoms with Gasteiger partial charge in [-0.15, -0.1) is 11.8 Å². The molecule has 0 radical (unpaired) electrons. The van der Waals surface area contributed by atoms with E-state index < -0.39 is 0 Å². The molecule has 1 unspecified atom stereocenters. The van der Waals surface area contributed by atoms with Crippen molar-refractivity contribution in [2.45, 2.75) is 30.9 Å². The first-order chi connectivity index (χ1) is 8.49. The Hall–Kier alpha value is -0.710. The van der Waals surface area contributed by atoms with Gasteiger partial charge in [0.2, 0.25) is 0 Å². The third-order valence-electron chi connectivity index (χ3n) is 2.09. The lowest BCUT2D eigenvalue weighted by Gasteiger charge is -2.12. The highest BCUT2D eigenvalue weighted by Gasteiger charge is 2.14. The van der Waals surface area contributed by atoms with Gasteiger partial charge in [-0.05, 0) is 37.1 Å². The Bertz CT molecular complexity index is 381. The first-order valence-corrected chi connectivity index (χ1v) is 7.08. The van der Waals surface area contributed by atoms with Crippen molar-refractivity contribution in [1.82, 2.24) is 5.48 Å². The molecular weight excluding hydrogens is 270 g/mol. The minimum Gasteiger partial charge on any atom is -0.273 e. The number of benzene rings is 1. The van der Waals surface area contributed by atoms with Gasteiger partial charge >= 0.3 is 0 Å². The van der Waals surface area contributed by atoms with E-state index in [1.54, 1.807) is 0 Å². The third-order valence-corrected chi connectivity index (χ3v) is 3.45. The fraction of sp³-hybridized carbons (Fsp3) is 0.462. The second kappa shape index (κ2) is 7.67. The van der Waals surface area contributed by atoms with Crippen molar-refractivity contribution >= 4 is 29.3 Å². The SMILES string of the molecule is CC(C)CONC(=O)C(C)Sc1ccc(Cl)cc1. The first kappa shape index (κ1) is 15.3. The average molecular weight is 288 g/mol. The number of amides is 1. The molecule has 1 atom stereocenters. The maximum atomic E-state index is 11.7. The van der Waals surface area contributed by atoms with E-state index in [-0.39, 0.29) is 11.2 Å². The van der Waals surface area contributed by atoms with E-state index in [2.05, 4.69) is 5.48 Å². The zero-order valence-electron chi connectivity index (χ0n) is 10.8. The molecule has 0 fully saturated rings. The highest BCUT2D eigenvalue weighted by atomic mass is 35.5. The molecule has 1 amide bonds. The minimum atomic E-state index is -0.210. The first-order valence-electron chi connectivity index (χ1n) is 5.83. The monoisotopic (exact) mass is 287 g/mol. The van der Waals surface area contributed by atoms with Crippen LogP contribution in [0.25, 0.3) is 0 Å². The quantitative estimate of drug-likeness (QED) is 0.642. The molecule has 1 aromatic carbocycles. The van der Waals surface area contributed by atoms with E-state index in [4.69, 9.17) is 16.4 Å². The van der Waals surface area contributed by atoms with Gasteiger partial charge in [-0.3, -0.25) is 9.63 Å². The van der Waals surface area contributed by atoms with Crippen molar-refractivity contribution in [3.8, 4) is 0 Å². The second-order valence-electron chi connectivity index (χ2n) is 4.39. The summed E-state index contributed by atoms with van der Waals surface area (Å²) in [6.45, 7) is 6.41. The van der Waals surface area contributed by atoms with Crippen LogP contribution in [0.15, 0.2) is 29.2 Å². The van der Waals surface area contributed by atoms with Crippen LogP contribution in [-0.2, 0) is 9.63 Å². The van der Waals surface area contributed by atoms with Gasteiger partial charge in [0.25, 0.3) is 5.91 Å². The summed E-state index contributed by atoms with van der Waals surface area (Å²) < 4.78 is 0. The number of halogens is 1. The average Bonchev–Trinajstić information content (AvgIpc) is 2.31. The van der Waals surface area contributed by atoms with Crippen molar-refractivity contribution in [3.63, 3.8) is 0 Å². The van der Waals surface area contributed by atoms with Crippen LogP contribution < -0.4 is 5.48 Å². The number of hydrogen-bond acceptors (Lipinski definition) is 3. The third kappa shape index (κ3) is 5.76. The number of thioether (sulfide) groups is 1. The van der Waals surface area contributed by atoms with E-state index in [0.717, 1.165) is 4.90 Å². The predicted octanol–water partition coefficient (Wildman–Crippen LogP) is 3.52. The molecule has 18 heavy (non-hydrogen) atoms. The number of hydrogen-bond donors (Lipinski definition) is 1. The maximum absolute atomic E-state index is 11.7. The van der Waals surface area contributed by atoms with Crippen LogP contribution in [-0.4, -0.2) is 17.8 Å². The molecule has 0 bridgehead atoms. The molecule has 1 aromatic rings. The second-order valence-corrected chi connectivity index (χ2v) is 6.24. The summed E-state index contributed by atoms with van der Waals surface area (Å²) in [5, 5.41) is 0.482. The van der Waals surface area contributed by atoms with Crippen molar-refractivity contribution in [2.75, 3.05) is 6.61 Å². The normalized spacial score (nSPS) is 12.5. The predicted molar refractivity (Wildman–Crippen MR) is 75.7 cm³/mol. The highest BCUT2D eigenvalue weighted by Crippen LogP contribution is 2.24. The molecule has 100 valence electrons. The molecule has 0 spiro atoms. The smallest absolute Gasteiger partial charge is 0.256 e. The summed E-state index contributed by atoms with van der Waals surface area (Å²) in [7, 11) is 0. The van der Waals surface area contributed by atoms with Crippen LogP contribution in [0.4, 0.5) is 0 Å². The summed E-state index contributed by atoms with van der Waals surface area (Å²) >= 11 is 7.27. The van der Waals surface area contributed by atoms with E-state index in [1.807, 2.05) is 45.0 Å². The minimum absolute atomic E-state index is 0.129. The van der Waals surface area contributed by atoms with Gasteiger partial charge in [-0.1, -0.05) is 25.4 Å². The largest absolute Gasteiger partial charge is 0.273 e.